The van der Waals surface area contributed by atoms with Gasteiger partial charge >= 0.3 is 0 Å². The molecule has 0 radical (unpaired) electrons. The number of benzene rings is 1. The van der Waals surface area contributed by atoms with Crippen molar-refractivity contribution in [1.82, 2.24) is 0 Å². The molecule has 0 amide bonds. The van der Waals surface area contributed by atoms with Crippen LogP contribution in [0.4, 0.5) is 5.69 Å². The second-order valence-electron chi connectivity index (χ2n) is 2.30. The summed E-state index contributed by atoms with van der Waals surface area (Å²) in [6.45, 7) is 2.16. The van der Waals surface area contributed by atoms with Crippen molar-refractivity contribution in [3.63, 3.8) is 0 Å². The number of hydrogen-bond donors (Lipinski definition) is 1. The predicted molar refractivity (Wildman–Crippen MR) is 48.6 cm³/mol. The minimum absolute atomic E-state index is 1.12. The van der Waals surface area contributed by atoms with Gasteiger partial charge in [0.15, 0.2) is 7.28 Å². The average molecular weight is 133 g/mol. The minimum atomic E-state index is 1.12. The molecule has 0 aromatic heterocycles. The zero-order valence-electron chi connectivity index (χ0n) is 6.52. The Bertz CT molecular complexity index is 170. The molecule has 0 fully saturated rings. The highest BCUT2D eigenvalue weighted by atomic mass is 14.8. The Morgan fingerprint density at radius 1 is 1.20 bits per heavy atom. The summed E-state index contributed by atoms with van der Waals surface area (Å²) >= 11 is 0. The maximum Gasteiger partial charge on any atom is 0.154 e. The van der Waals surface area contributed by atoms with Crippen molar-refractivity contribution >= 4 is 18.4 Å². The summed E-state index contributed by atoms with van der Waals surface area (Å²) in [6.07, 6.45) is 0. The van der Waals surface area contributed by atoms with Crippen molar-refractivity contribution in [2.45, 2.75) is 6.82 Å². The van der Waals surface area contributed by atoms with Crippen LogP contribution in [0.25, 0.3) is 0 Å². The van der Waals surface area contributed by atoms with Crippen LogP contribution < -0.4 is 10.8 Å². The summed E-state index contributed by atoms with van der Waals surface area (Å²) < 4.78 is 0. The van der Waals surface area contributed by atoms with Crippen LogP contribution in [0.15, 0.2) is 24.3 Å². The van der Waals surface area contributed by atoms with E-state index in [1.165, 1.54) is 11.2 Å². The molecule has 2 heteroatoms. The molecule has 0 bridgehead atoms. The molecular weight excluding hydrogens is 121 g/mol. The number of anilines is 1. The molecular formula is C8H12BN. The van der Waals surface area contributed by atoms with Gasteiger partial charge in [-0.1, -0.05) is 24.4 Å². The van der Waals surface area contributed by atoms with Crippen molar-refractivity contribution in [3.8, 4) is 0 Å². The van der Waals surface area contributed by atoms with Gasteiger partial charge in [0.2, 0.25) is 0 Å². The van der Waals surface area contributed by atoms with Gasteiger partial charge in [-0.2, -0.15) is 0 Å². The van der Waals surface area contributed by atoms with E-state index in [1.807, 2.05) is 7.05 Å². The second kappa shape index (κ2) is 3.30. The first-order valence-corrected chi connectivity index (χ1v) is 3.63. The molecule has 52 valence electrons. The number of rotatable bonds is 2. The Morgan fingerprint density at radius 2 is 1.80 bits per heavy atom. The van der Waals surface area contributed by atoms with Gasteiger partial charge in [0.1, 0.15) is 0 Å². The van der Waals surface area contributed by atoms with E-state index in [0.29, 0.717) is 0 Å². The number of hydrogen-bond acceptors (Lipinski definition) is 1. The Morgan fingerprint density at radius 3 is 2.20 bits per heavy atom. The molecule has 0 saturated carbocycles. The number of nitrogens with one attached hydrogen (secondary N) is 1. The topological polar surface area (TPSA) is 12.0 Å². The van der Waals surface area contributed by atoms with Crippen LogP contribution >= 0.6 is 0 Å². The summed E-state index contributed by atoms with van der Waals surface area (Å²) in [7, 11) is 3.05. The molecule has 0 aliphatic carbocycles. The largest absolute Gasteiger partial charge is 0.388 e. The van der Waals surface area contributed by atoms with Gasteiger partial charge in [-0.15, -0.1) is 0 Å². The molecule has 1 N–H and O–H groups in total. The molecule has 0 heterocycles. The first-order chi connectivity index (χ1) is 4.86. The van der Waals surface area contributed by atoms with Crippen molar-refractivity contribution in [2.75, 3.05) is 12.4 Å². The third-order valence-corrected chi connectivity index (χ3v) is 1.65. The molecule has 1 aromatic carbocycles. The van der Waals surface area contributed by atoms with Crippen molar-refractivity contribution in [3.05, 3.63) is 24.3 Å². The van der Waals surface area contributed by atoms with E-state index < -0.39 is 0 Å². The highest BCUT2D eigenvalue weighted by molar-refractivity contribution is 6.51. The van der Waals surface area contributed by atoms with Crippen LogP contribution in [0.1, 0.15) is 0 Å². The molecule has 1 aromatic rings. The third kappa shape index (κ3) is 1.53. The molecule has 0 aliphatic rings. The van der Waals surface area contributed by atoms with Gasteiger partial charge < -0.3 is 5.32 Å². The lowest BCUT2D eigenvalue weighted by Gasteiger charge is -1.99. The fourth-order valence-electron chi connectivity index (χ4n) is 0.907. The molecule has 0 spiro atoms. The maximum absolute atomic E-state index is 3.08. The Balaban J connectivity index is 2.80. The minimum Gasteiger partial charge on any atom is -0.388 e. The summed E-state index contributed by atoms with van der Waals surface area (Å²) in [6, 6.07) is 8.48. The van der Waals surface area contributed by atoms with Gasteiger partial charge in [0, 0.05) is 12.7 Å². The summed E-state index contributed by atoms with van der Waals surface area (Å²) in [4.78, 5) is 0. The van der Waals surface area contributed by atoms with Gasteiger partial charge in [-0.05, 0) is 12.1 Å². The zero-order chi connectivity index (χ0) is 7.40. The van der Waals surface area contributed by atoms with Crippen molar-refractivity contribution in [2.24, 2.45) is 0 Å². The van der Waals surface area contributed by atoms with Gasteiger partial charge in [0.05, 0.1) is 0 Å². The Labute approximate surface area is 62.7 Å². The molecule has 1 nitrogen and oxygen atoms in total. The van der Waals surface area contributed by atoms with Gasteiger partial charge in [0.25, 0.3) is 0 Å². The molecule has 1 rings (SSSR count). The third-order valence-electron chi connectivity index (χ3n) is 1.65. The monoisotopic (exact) mass is 133 g/mol. The Hall–Kier alpha value is -0.915. The fraction of sp³-hybridized carbons (Fsp3) is 0.250. The SMILES string of the molecule is CBc1ccc(NC)cc1. The van der Waals surface area contributed by atoms with Crippen LogP contribution in [-0.4, -0.2) is 14.3 Å². The summed E-state index contributed by atoms with van der Waals surface area (Å²) in [5.74, 6) is 0. The first-order valence-electron chi connectivity index (χ1n) is 3.63. The lowest BCUT2D eigenvalue weighted by Crippen LogP contribution is -2.08. The molecule has 0 unspecified atom stereocenters. The van der Waals surface area contributed by atoms with Gasteiger partial charge in [-0.3, -0.25) is 0 Å². The highest BCUT2D eigenvalue weighted by Gasteiger charge is 1.88. The molecule has 0 atom stereocenters. The van der Waals surface area contributed by atoms with Crippen molar-refractivity contribution < 1.29 is 0 Å². The van der Waals surface area contributed by atoms with Crippen molar-refractivity contribution in [1.29, 1.82) is 0 Å². The van der Waals surface area contributed by atoms with Gasteiger partial charge in [-0.25, -0.2) is 0 Å². The fourth-order valence-corrected chi connectivity index (χ4v) is 0.907. The predicted octanol–water partition coefficient (Wildman–Crippen LogP) is 0.838. The van der Waals surface area contributed by atoms with Crippen LogP contribution in [0.2, 0.25) is 6.82 Å². The lowest BCUT2D eigenvalue weighted by atomic mass is 9.73. The lowest BCUT2D eigenvalue weighted by molar-refractivity contribution is 1.52. The van der Waals surface area contributed by atoms with E-state index in [2.05, 4.69) is 36.4 Å². The van der Waals surface area contributed by atoms with Crippen LogP contribution in [0.5, 0.6) is 0 Å². The van der Waals surface area contributed by atoms with Crippen LogP contribution in [-0.2, 0) is 0 Å². The van der Waals surface area contributed by atoms with E-state index in [4.69, 9.17) is 0 Å². The smallest absolute Gasteiger partial charge is 0.154 e. The van der Waals surface area contributed by atoms with E-state index >= 15 is 0 Å². The van der Waals surface area contributed by atoms with Crippen LogP contribution in [0.3, 0.4) is 0 Å². The zero-order valence-corrected chi connectivity index (χ0v) is 6.52. The first kappa shape index (κ1) is 7.20. The molecule has 0 saturated heterocycles. The van der Waals surface area contributed by atoms with E-state index in [0.717, 1.165) is 7.28 Å². The van der Waals surface area contributed by atoms with Crippen LogP contribution in [0, 0.1) is 0 Å². The second-order valence-corrected chi connectivity index (χ2v) is 2.30. The van der Waals surface area contributed by atoms with E-state index in [1.54, 1.807) is 0 Å². The highest BCUT2D eigenvalue weighted by Crippen LogP contribution is 2.00. The molecule has 10 heavy (non-hydrogen) atoms. The summed E-state index contributed by atoms with van der Waals surface area (Å²) in [5.41, 5.74) is 2.57. The standard InChI is InChI=1S/C8H12BN/c1-9-7-3-5-8(10-2)6-4-7/h3-6,9-10H,1-2H3. The summed E-state index contributed by atoms with van der Waals surface area (Å²) in [5, 5.41) is 3.08. The average Bonchev–Trinajstić information content (AvgIpc) is 2.05. The quantitative estimate of drug-likeness (QED) is 0.589. The van der Waals surface area contributed by atoms with E-state index in [-0.39, 0.29) is 0 Å². The van der Waals surface area contributed by atoms with E-state index in [9.17, 15) is 0 Å². The maximum atomic E-state index is 3.08. The molecule has 0 aliphatic heterocycles. The Kier molecular flexibility index (Phi) is 2.38. The normalized spacial score (nSPS) is 9.00.